The fourth-order valence-electron chi connectivity index (χ4n) is 2.64. The van der Waals surface area contributed by atoms with Crippen molar-refractivity contribution in [1.29, 1.82) is 0 Å². The molecular formula is C18H18Cl2N4. The molecule has 0 bridgehead atoms. The van der Waals surface area contributed by atoms with E-state index >= 15 is 0 Å². The van der Waals surface area contributed by atoms with Crippen LogP contribution in [0, 0.1) is 0 Å². The van der Waals surface area contributed by atoms with Gasteiger partial charge in [0.25, 0.3) is 0 Å². The van der Waals surface area contributed by atoms with Gasteiger partial charge in [0.05, 0.1) is 5.52 Å². The zero-order chi connectivity index (χ0) is 17.1. The molecule has 3 rings (SSSR count). The molecule has 1 aromatic heterocycles. The van der Waals surface area contributed by atoms with E-state index in [1.807, 2.05) is 24.3 Å². The minimum absolute atomic E-state index is 0.522. The molecular weight excluding hydrogens is 343 g/mol. The number of fused-ring (bicyclic) bond motifs is 1. The second-order valence-corrected chi connectivity index (χ2v) is 6.22. The number of benzene rings is 2. The van der Waals surface area contributed by atoms with E-state index in [4.69, 9.17) is 28.2 Å². The van der Waals surface area contributed by atoms with Crippen LogP contribution in [0.25, 0.3) is 10.9 Å². The molecule has 0 unspecified atom stereocenters. The maximum Gasteiger partial charge on any atom is 0.229 e. The molecule has 2 aromatic carbocycles. The van der Waals surface area contributed by atoms with Crippen molar-refractivity contribution in [3.63, 3.8) is 0 Å². The number of nitrogens with zero attached hydrogens (tertiary/aromatic N) is 3. The highest BCUT2D eigenvalue weighted by atomic mass is 35.5. The lowest BCUT2D eigenvalue weighted by atomic mass is 10.2. The molecule has 0 radical (unpaired) electrons. The van der Waals surface area contributed by atoms with Gasteiger partial charge in [-0.15, -0.1) is 0 Å². The highest BCUT2D eigenvalue weighted by Crippen LogP contribution is 2.28. The van der Waals surface area contributed by atoms with E-state index in [1.165, 1.54) is 0 Å². The Bertz CT molecular complexity index is 843. The van der Waals surface area contributed by atoms with Crippen LogP contribution in [0.4, 0.5) is 17.5 Å². The van der Waals surface area contributed by atoms with Crippen LogP contribution < -0.4 is 10.2 Å². The number of hydrogen-bond donors (Lipinski definition) is 1. The predicted molar refractivity (Wildman–Crippen MR) is 103 cm³/mol. The molecule has 0 saturated heterocycles. The first-order chi connectivity index (χ1) is 11.6. The van der Waals surface area contributed by atoms with Crippen molar-refractivity contribution in [2.75, 3.05) is 23.3 Å². The summed E-state index contributed by atoms with van der Waals surface area (Å²) in [4.78, 5) is 11.5. The quantitative estimate of drug-likeness (QED) is 0.649. The summed E-state index contributed by atoms with van der Waals surface area (Å²) in [6.07, 6.45) is 0. The Balaban J connectivity index is 2.08. The van der Waals surface area contributed by atoms with Crippen LogP contribution in [0.3, 0.4) is 0 Å². The highest BCUT2D eigenvalue weighted by molar-refractivity contribution is 6.35. The number of hydrogen-bond acceptors (Lipinski definition) is 4. The third kappa shape index (κ3) is 3.55. The van der Waals surface area contributed by atoms with Gasteiger partial charge in [-0.3, -0.25) is 0 Å². The summed E-state index contributed by atoms with van der Waals surface area (Å²) in [5.41, 5.74) is 1.65. The molecule has 0 saturated carbocycles. The van der Waals surface area contributed by atoms with Crippen molar-refractivity contribution >= 4 is 51.6 Å². The third-order valence-corrected chi connectivity index (χ3v) is 4.20. The van der Waals surface area contributed by atoms with Gasteiger partial charge in [0.2, 0.25) is 5.95 Å². The van der Waals surface area contributed by atoms with E-state index in [9.17, 15) is 0 Å². The van der Waals surface area contributed by atoms with Crippen LogP contribution in [0.2, 0.25) is 10.0 Å². The van der Waals surface area contributed by atoms with E-state index in [0.717, 1.165) is 35.5 Å². The van der Waals surface area contributed by atoms with Gasteiger partial charge in [0.15, 0.2) is 0 Å². The lowest BCUT2D eigenvalue weighted by Crippen LogP contribution is -2.23. The number of anilines is 3. The third-order valence-electron chi connectivity index (χ3n) is 3.76. The van der Waals surface area contributed by atoms with Gasteiger partial charge in [-0.25, -0.2) is 4.98 Å². The topological polar surface area (TPSA) is 41.1 Å². The summed E-state index contributed by atoms with van der Waals surface area (Å²) in [6.45, 7) is 5.98. The molecule has 124 valence electrons. The minimum atomic E-state index is 0.522. The molecule has 0 aliphatic rings. The molecule has 6 heteroatoms. The predicted octanol–water partition coefficient (Wildman–Crippen LogP) is 5.53. The van der Waals surface area contributed by atoms with Gasteiger partial charge in [-0.1, -0.05) is 35.3 Å². The SMILES string of the molecule is CCN(CC)c1nc(Nc2cc(Cl)cc(Cl)c2)nc2ccccc12. The molecule has 0 aliphatic heterocycles. The fraction of sp³-hybridized carbons (Fsp3) is 0.222. The van der Waals surface area contributed by atoms with Crippen molar-refractivity contribution < 1.29 is 0 Å². The molecule has 0 atom stereocenters. The van der Waals surface area contributed by atoms with Crippen molar-refractivity contribution in [1.82, 2.24) is 9.97 Å². The van der Waals surface area contributed by atoms with Gasteiger partial charge >= 0.3 is 0 Å². The van der Waals surface area contributed by atoms with Crippen LogP contribution in [0.15, 0.2) is 42.5 Å². The fourth-order valence-corrected chi connectivity index (χ4v) is 3.16. The molecule has 1 heterocycles. The van der Waals surface area contributed by atoms with Crippen LogP contribution in [-0.4, -0.2) is 23.1 Å². The largest absolute Gasteiger partial charge is 0.356 e. The van der Waals surface area contributed by atoms with E-state index in [-0.39, 0.29) is 0 Å². The van der Waals surface area contributed by atoms with Crippen molar-refractivity contribution in [3.8, 4) is 0 Å². The Morgan fingerprint density at radius 2 is 1.62 bits per heavy atom. The zero-order valence-corrected chi connectivity index (χ0v) is 15.1. The second kappa shape index (κ2) is 7.24. The lowest BCUT2D eigenvalue weighted by molar-refractivity contribution is 0.850. The highest BCUT2D eigenvalue weighted by Gasteiger charge is 2.12. The van der Waals surface area contributed by atoms with E-state index < -0.39 is 0 Å². The van der Waals surface area contributed by atoms with E-state index in [0.29, 0.717) is 16.0 Å². The lowest BCUT2D eigenvalue weighted by Gasteiger charge is -2.22. The van der Waals surface area contributed by atoms with E-state index in [1.54, 1.807) is 18.2 Å². The molecule has 0 fully saturated rings. The molecule has 3 aromatic rings. The minimum Gasteiger partial charge on any atom is -0.356 e. The summed E-state index contributed by atoms with van der Waals surface area (Å²) >= 11 is 12.1. The van der Waals surface area contributed by atoms with Gasteiger partial charge in [-0.2, -0.15) is 4.98 Å². The standard InChI is InChI=1S/C18H18Cl2N4/c1-3-24(4-2)17-15-7-5-6-8-16(15)22-18(23-17)21-14-10-12(19)9-13(20)11-14/h5-11H,3-4H2,1-2H3,(H,21,22,23). The number of para-hydroxylation sites is 1. The van der Waals surface area contributed by atoms with Gasteiger partial charge in [-0.05, 0) is 44.2 Å². The monoisotopic (exact) mass is 360 g/mol. The zero-order valence-electron chi connectivity index (χ0n) is 13.6. The van der Waals surface area contributed by atoms with Gasteiger partial charge in [0.1, 0.15) is 5.82 Å². The first-order valence-electron chi connectivity index (χ1n) is 7.85. The summed E-state index contributed by atoms with van der Waals surface area (Å²) in [5.74, 6) is 1.44. The smallest absolute Gasteiger partial charge is 0.229 e. The second-order valence-electron chi connectivity index (χ2n) is 5.34. The number of halogens is 2. The number of aromatic nitrogens is 2. The van der Waals surface area contributed by atoms with Crippen molar-refractivity contribution in [3.05, 3.63) is 52.5 Å². The molecule has 1 N–H and O–H groups in total. The average Bonchev–Trinajstić information content (AvgIpc) is 2.55. The van der Waals surface area contributed by atoms with Crippen LogP contribution in [0.5, 0.6) is 0 Å². The maximum atomic E-state index is 6.06. The maximum absolute atomic E-state index is 6.06. The molecule has 24 heavy (non-hydrogen) atoms. The summed E-state index contributed by atoms with van der Waals surface area (Å²) in [5, 5.41) is 5.37. The van der Waals surface area contributed by atoms with Crippen molar-refractivity contribution in [2.45, 2.75) is 13.8 Å². The molecule has 0 amide bonds. The van der Waals surface area contributed by atoms with Gasteiger partial charge in [0, 0.05) is 34.2 Å². The Hall–Kier alpha value is -2.04. The number of rotatable bonds is 5. The Morgan fingerprint density at radius 1 is 0.958 bits per heavy atom. The normalized spacial score (nSPS) is 10.8. The Labute approximate surface area is 151 Å². The average molecular weight is 361 g/mol. The molecule has 4 nitrogen and oxygen atoms in total. The van der Waals surface area contributed by atoms with Crippen LogP contribution in [-0.2, 0) is 0 Å². The number of nitrogens with one attached hydrogen (secondary N) is 1. The summed E-state index contributed by atoms with van der Waals surface area (Å²) in [6, 6.07) is 13.3. The first kappa shape index (κ1) is 16.8. The van der Waals surface area contributed by atoms with Crippen LogP contribution >= 0.6 is 23.2 Å². The molecule has 0 aliphatic carbocycles. The van der Waals surface area contributed by atoms with Crippen LogP contribution in [0.1, 0.15) is 13.8 Å². The summed E-state index contributed by atoms with van der Waals surface area (Å²) < 4.78 is 0. The molecule has 0 spiro atoms. The van der Waals surface area contributed by atoms with Gasteiger partial charge < -0.3 is 10.2 Å². The Kier molecular flexibility index (Phi) is 5.07. The van der Waals surface area contributed by atoms with E-state index in [2.05, 4.69) is 29.0 Å². The Morgan fingerprint density at radius 3 is 2.29 bits per heavy atom. The first-order valence-corrected chi connectivity index (χ1v) is 8.61. The van der Waals surface area contributed by atoms with Crippen molar-refractivity contribution in [2.24, 2.45) is 0 Å². The summed E-state index contributed by atoms with van der Waals surface area (Å²) in [7, 11) is 0.